The van der Waals surface area contributed by atoms with Gasteiger partial charge in [-0.05, 0) is 42.6 Å². The van der Waals surface area contributed by atoms with Crippen LogP contribution < -0.4 is 10.6 Å². The van der Waals surface area contributed by atoms with E-state index in [-0.39, 0.29) is 34.7 Å². The Hall–Kier alpha value is -3.16. The summed E-state index contributed by atoms with van der Waals surface area (Å²) in [7, 11) is 1.75. The van der Waals surface area contributed by atoms with E-state index in [0.29, 0.717) is 17.9 Å². The number of carbonyl (C=O) groups excluding carboxylic acids is 2. The number of alkyl halides is 3. The summed E-state index contributed by atoms with van der Waals surface area (Å²) in [6.45, 7) is 3.95. The summed E-state index contributed by atoms with van der Waals surface area (Å²) < 4.78 is 44.2. The van der Waals surface area contributed by atoms with Crippen LogP contribution in [0.15, 0.2) is 16.9 Å². The Morgan fingerprint density at radius 3 is 2.40 bits per heavy atom. The van der Waals surface area contributed by atoms with E-state index in [1.54, 1.807) is 25.6 Å². The third-order valence-corrected chi connectivity index (χ3v) is 6.61. The maximum absolute atomic E-state index is 13.3. The molecule has 4 rings (SSSR count). The molecule has 2 N–H and O–H groups in total. The van der Waals surface area contributed by atoms with E-state index >= 15 is 0 Å². The van der Waals surface area contributed by atoms with Crippen LogP contribution in [0.2, 0.25) is 0 Å². The lowest BCUT2D eigenvalue weighted by atomic mass is 10.2. The fraction of sp³-hybridized carbons (Fsp3) is 0.476. The van der Waals surface area contributed by atoms with Crippen LogP contribution in [0.3, 0.4) is 0 Å². The molecule has 0 unspecified atom stereocenters. The van der Waals surface area contributed by atoms with E-state index in [1.807, 2.05) is 0 Å². The zero-order valence-electron chi connectivity index (χ0n) is 19.3. The van der Waals surface area contributed by atoms with Crippen LogP contribution in [-0.4, -0.2) is 41.2 Å². The molecular weight excluding hydrogens is 533 g/mol. The molecule has 1 aliphatic rings. The molecule has 1 fully saturated rings. The number of amides is 2. The molecule has 1 saturated carbocycles. The first-order valence-corrected chi connectivity index (χ1v) is 11.8. The molecule has 0 atom stereocenters. The minimum atomic E-state index is -4.60. The SMILES string of the molecule is CCn1ncc(NC(=O)CCn2nc(C(F)(F)F)c(Br)c2C2CC2)c1C(=O)Nc1cnn(C)c1C. The van der Waals surface area contributed by atoms with E-state index in [0.717, 1.165) is 18.5 Å². The van der Waals surface area contributed by atoms with Crippen molar-refractivity contribution in [1.29, 1.82) is 0 Å². The maximum atomic E-state index is 13.3. The number of carbonyl (C=O) groups is 2. The van der Waals surface area contributed by atoms with Crippen molar-refractivity contribution < 1.29 is 22.8 Å². The molecule has 3 heterocycles. The highest BCUT2D eigenvalue weighted by molar-refractivity contribution is 9.10. The summed E-state index contributed by atoms with van der Waals surface area (Å²) in [5.41, 5.74) is 1.10. The lowest BCUT2D eigenvalue weighted by Gasteiger charge is -2.11. The Labute approximate surface area is 207 Å². The Kier molecular flexibility index (Phi) is 6.75. The first-order valence-electron chi connectivity index (χ1n) is 11.0. The smallest absolute Gasteiger partial charge is 0.323 e. The van der Waals surface area contributed by atoms with Crippen LogP contribution in [0.25, 0.3) is 0 Å². The monoisotopic (exact) mass is 556 g/mol. The lowest BCUT2D eigenvalue weighted by molar-refractivity contribution is -0.142. The van der Waals surface area contributed by atoms with Crippen molar-refractivity contribution in [3.8, 4) is 0 Å². The number of nitrogens with one attached hydrogen (secondary N) is 2. The summed E-state index contributed by atoms with van der Waals surface area (Å²) in [5, 5.41) is 17.4. The molecule has 188 valence electrons. The van der Waals surface area contributed by atoms with Gasteiger partial charge in [0, 0.05) is 25.9 Å². The molecule has 3 aromatic heterocycles. The van der Waals surface area contributed by atoms with Gasteiger partial charge in [0.15, 0.2) is 5.69 Å². The largest absolute Gasteiger partial charge is 0.436 e. The Balaban J connectivity index is 1.48. The van der Waals surface area contributed by atoms with Crippen LogP contribution in [0.5, 0.6) is 0 Å². The van der Waals surface area contributed by atoms with E-state index < -0.39 is 23.7 Å². The fourth-order valence-electron chi connectivity index (χ4n) is 3.73. The van der Waals surface area contributed by atoms with E-state index in [1.165, 1.54) is 21.8 Å². The molecule has 0 aliphatic heterocycles. The molecular formula is C21H24BrF3N8O2. The number of anilines is 2. The molecule has 0 spiro atoms. The third-order valence-electron chi connectivity index (χ3n) is 5.83. The van der Waals surface area contributed by atoms with Crippen LogP contribution in [-0.2, 0) is 31.1 Å². The first-order chi connectivity index (χ1) is 16.5. The second-order valence-electron chi connectivity index (χ2n) is 8.29. The van der Waals surface area contributed by atoms with Gasteiger partial charge >= 0.3 is 6.18 Å². The predicted octanol–water partition coefficient (Wildman–Crippen LogP) is 4.08. The van der Waals surface area contributed by atoms with Crippen molar-refractivity contribution in [1.82, 2.24) is 29.3 Å². The van der Waals surface area contributed by atoms with Gasteiger partial charge in [0.2, 0.25) is 5.91 Å². The van der Waals surface area contributed by atoms with Crippen molar-refractivity contribution >= 4 is 39.1 Å². The summed E-state index contributed by atoms with van der Waals surface area (Å²) in [5.74, 6) is -0.961. The average molecular weight is 557 g/mol. The van der Waals surface area contributed by atoms with Gasteiger partial charge in [-0.25, -0.2) is 0 Å². The van der Waals surface area contributed by atoms with E-state index in [9.17, 15) is 22.8 Å². The van der Waals surface area contributed by atoms with E-state index in [2.05, 4.69) is 41.9 Å². The fourth-order valence-corrected chi connectivity index (χ4v) is 4.56. The normalized spacial score (nSPS) is 13.8. The molecule has 0 aromatic carbocycles. The summed E-state index contributed by atoms with van der Waals surface area (Å²) in [6, 6.07) is 0. The summed E-state index contributed by atoms with van der Waals surface area (Å²) >= 11 is 3.04. The quantitative estimate of drug-likeness (QED) is 0.434. The van der Waals surface area contributed by atoms with Crippen molar-refractivity contribution in [2.24, 2.45) is 7.05 Å². The van der Waals surface area contributed by atoms with E-state index in [4.69, 9.17) is 0 Å². The minimum Gasteiger partial charge on any atom is -0.323 e. The number of halogens is 4. The molecule has 2 amide bonds. The highest BCUT2D eigenvalue weighted by Gasteiger charge is 2.41. The number of nitrogens with zero attached hydrogens (tertiary/aromatic N) is 6. The predicted molar refractivity (Wildman–Crippen MR) is 124 cm³/mol. The van der Waals surface area contributed by atoms with Gasteiger partial charge in [-0.3, -0.25) is 23.6 Å². The second-order valence-corrected chi connectivity index (χ2v) is 9.08. The van der Waals surface area contributed by atoms with Gasteiger partial charge in [0.1, 0.15) is 5.69 Å². The summed E-state index contributed by atoms with van der Waals surface area (Å²) in [6.07, 6.45) is -0.288. The van der Waals surface area contributed by atoms with Gasteiger partial charge in [-0.15, -0.1) is 0 Å². The molecule has 0 bridgehead atoms. The lowest BCUT2D eigenvalue weighted by Crippen LogP contribution is -2.22. The first kappa shape index (κ1) is 24.9. The Morgan fingerprint density at radius 2 is 1.83 bits per heavy atom. The number of rotatable bonds is 8. The molecule has 10 nitrogen and oxygen atoms in total. The standard InChI is InChI=1S/C21H24BrF3N8O2/c1-4-32-18(20(35)29-13-9-26-31(3)11(13)2)14(10-27-32)28-15(34)7-8-33-17(12-5-6-12)16(22)19(30-33)21(23,24)25/h9-10,12H,4-8H2,1-3H3,(H,28,34)(H,29,35). The average Bonchev–Trinajstić information content (AvgIpc) is 3.34. The summed E-state index contributed by atoms with van der Waals surface area (Å²) in [4.78, 5) is 25.7. The van der Waals surface area contributed by atoms with Crippen LogP contribution in [0, 0.1) is 6.92 Å². The number of hydrogen-bond acceptors (Lipinski definition) is 5. The van der Waals surface area contributed by atoms with Gasteiger partial charge in [-0.1, -0.05) is 0 Å². The Morgan fingerprint density at radius 1 is 1.14 bits per heavy atom. The van der Waals surface area contributed by atoms with Crippen molar-refractivity contribution in [2.75, 3.05) is 10.6 Å². The topological polar surface area (TPSA) is 112 Å². The molecule has 14 heteroatoms. The highest BCUT2D eigenvalue weighted by Crippen LogP contribution is 2.47. The molecule has 0 radical (unpaired) electrons. The minimum absolute atomic E-state index is 0.00921. The van der Waals surface area contributed by atoms with Gasteiger partial charge in [0.25, 0.3) is 5.91 Å². The van der Waals surface area contributed by atoms with Crippen LogP contribution in [0.1, 0.15) is 59.7 Å². The zero-order chi connectivity index (χ0) is 25.5. The third kappa shape index (κ3) is 5.11. The second kappa shape index (κ2) is 9.47. The number of hydrogen-bond donors (Lipinski definition) is 2. The van der Waals surface area contributed by atoms with Gasteiger partial charge in [-0.2, -0.15) is 28.5 Å². The molecule has 1 aliphatic carbocycles. The van der Waals surface area contributed by atoms with Gasteiger partial charge in [0.05, 0.1) is 46.2 Å². The Bertz CT molecular complexity index is 1270. The molecule has 35 heavy (non-hydrogen) atoms. The number of aromatic nitrogens is 6. The molecule has 0 saturated heterocycles. The van der Waals surface area contributed by atoms with Crippen molar-refractivity contribution in [3.63, 3.8) is 0 Å². The molecule has 3 aromatic rings. The zero-order valence-corrected chi connectivity index (χ0v) is 20.9. The maximum Gasteiger partial charge on any atom is 0.436 e. The van der Waals surface area contributed by atoms with Gasteiger partial charge < -0.3 is 10.6 Å². The van der Waals surface area contributed by atoms with Crippen LogP contribution in [0.4, 0.5) is 24.5 Å². The van der Waals surface area contributed by atoms with Crippen LogP contribution >= 0.6 is 15.9 Å². The number of aryl methyl sites for hydroxylation is 3. The van der Waals surface area contributed by atoms with Crippen molar-refractivity contribution in [3.05, 3.63) is 39.6 Å². The van der Waals surface area contributed by atoms with Crippen molar-refractivity contribution in [2.45, 2.75) is 58.3 Å². The highest BCUT2D eigenvalue weighted by atomic mass is 79.9.